The number of fused-ring (bicyclic) bond motifs is 1. The lowest BCUT2D eigenvalue weighted by Crippen LogP contribution is -2.16. The number of hydrogen-bond donors (Lipinski definition) is 3. The van der Waals surface area contributed by atoms with E-state index in [0.717, 1.165) is 15.8 Å². The standard InChI is InChI=1S/C18H16N2O4S/c21-17(8-9-24-14-4-2-1-3-5-14)19-13-6-7-15-12(10-13)11-16(25-15)18(22)20-23/h1-7,10-11,23H,8-9H2,(H,19,21)(H,20,22). The van der Waals surface area contributed by atoms with Gasteiger partial charge in [0.25, 0.3) is 5.91 Å². The molecule has 0 saturated heterocycles. The summed E-state index contributed by atoms with van der Waals surface area (Å²) in [6.07, 6.45) is 0.231. The van der Waals surface area contributed by atoms with Crippen molar-refractivity contribution in [2.24, 2.45) is 0 Å². The minimum atomic E-state index is -0.551. The highest BCUT2D eigenvalue weighted by Crippen LogP contribution is 2.28. The van der Waals surface area contributed by atoms with Gasteiger partial charge in [0.15, 0.2) is 0 Å². The zero-order valence-electron chi connectivity index (χ0n) is 13.2. The van der Waals surface area contributed by atoms with Gasteiger partial charge in [-0.25, -0.2) is 5.48 Å². The predicted molar refractivity (Wildman–Crippen MR) is 96.3 cm³/mol. The first kappa shape index (κ1) is 16.9. The highest BCUT2D eigenvalue weighted by Gasteiger charge is 2.10. The van der Waals surface area contributed by atoms with Crippen LogP contribution in [0.2, 0.25) is 0 Å². The first-order valence-corrected chi connectivity index (χ1v) is 8.43. The van der Waals surface area contributed by atoms with E-state index in [0.29, 0.717) is 10.6 Å². The molecule has 25 heavy (non-hydrogen) atoms. The number of hydrogen-bond acceptors (Lipinski definition) is 5. The molecule has 3 N–H and O–H groups in total. The van der Waals surface area contributed by atoms with Crippen molar-refractivity contribution in [3.63, 3.8) is 0 Å². The summed E-state index contributed by atoms with van der Waals surface area (Å²) in [5, 5.41) is 12.3. The number of anilines is 1. The second-order valence-electron chi connectivity index (χ2n) is 5.26. The lowest BCUT2D eigenvalue weighted by molar-refractivity contribution is -0.116. The second-order valence-corrected chi connectivity index (χ2v) is 6.35. The Hall–Kier alpha value is -2.90. The van der Waals surface area contributed by atoms with E-state index in [1.54, 1.807) is 23.7 Å². The third-order valence-electron chi connectivity index (χ3n) is 3.47. The van der Waals surface area contributed by atoms with Crippen LogP contribution in [0, 0.1) is 0 Å². The number of rotatable bonds is 6. The molecular formula is C18H16N2O4S. The summed E-state index contributed by atoms with van der Waals surface area (Å²) < 4.78 is 6.39. The predicted octanol–water partition coefficient (Wildman–Crippen LogP) is 3.43. The highest BCUT2D eigenvalue weighted by molar-refractivity contribution is 7.20. The molecule has 3 rings (SSSR count). The number of ether oxygens (including phenoxy) is 1. The van der Waals surface area contributed by atoms with Crippen LogP contribution < -0.4 is 15.5 Å². The van der Waals surface area contributed by atoms with Crippen LogP contribution in [0.4, 0.5) is 5.69 Å². The first-order chi connectivity index (χ1) is 12.2. The van der Waals surface area contributed by atoms with Crippen molar-refractivity contribution in [2.75, 3.05) is 11.9 Å². The van der Waals surface area contributed by atoms with Gasteiger partial charge in [0.1, 0.15) is 5.75 Å². The third kappa shape index (κ3) is 4.34. The Morgan fingerprint density at radius 1 is 1.08 bits per heavy atom. The van der Waals surface area contributed by atoms with Crippen molar-refractivity contribution in [1.29, 1.82) is 0 Å². The van der Waals surface area contributed by atoms with Gasteiger partial charge in [0.2, 0.25) is 5.91 Å². The highest BCUT2D eigenvalue weighted by atomic mass is 32.1. The van der Waals surface area contributed by atoms with Gasteiger partial charge in [-0.2, -0.15) is 0 Å². The Bertz CT molecular complexity index is 892. The average molecular weight is 356 g/mol. The Kier molecular flexibility index (Phi) is 5.27. The van der Waals surface area contributed by atoms with Crippen molar-refractivity contribution >= 4 is 38.9 Å². The van der Waals surface area contributed by atoms with Crippen LogP contribution in [0.5, 0.6) is 5.75 Å². The number of hydroxylamine groups is 1. The molecular weight excluding hydrogens is 340 g/mol. The van der Waals surface area contributed by atoms with Crippen molar-refractivity contribution < 1.29 is 19.5 Å². The van der Waals surface area contributed by atoms with Gasteiger partial charge in [0, 0.05) is 10.4 Å². The van der Waals surface area contributed by atoms with E-state index >= 15 is 0 Å². The van der Waals surface area contributed by atoms with Crippen molar-refractivity contribution in [1.82, 2.24) is 5.48 Å². The molecule has 6 nitrogen and oxygen atoms in total. The van der Waals surface area contributed by atoms with Crippen LogP contribution in [0.25, 0.3) is 10.1 Å². The number of para-hydroxylation sites is 1. The quantitative estimate of drug-likeness (QED) is 0.466. The summed E-state index contributed by atoms with van der Waals surface area (Å²) in [6.45, 7) is 0.289. The van der Waals surface area contributed by atoms with E-state index in [1.807, 2.05) is 36.4 Å². The molecule has 3 aromatic rings. The number of benzene rings is 2. The Morgan fingerprint density at radius 3 is 2.64 bits per heavy atom. The fourth-order valence-corrected chi connectivity index (χ4v) is 3.22. The zero-order valence-corrected chi connectivity index (χ0v) is 14.0. The fraction of sp³-hybridized carbons (Fsp3) is 0.111. The normalized spacial score (nSPS) is 10.4. The monoisotopic (exact) mass is 356 g/mol. The molecule has 0 atom stereocenters. The van der Waals surface area contributed by atoms with E-state index in [1.165, 1.54) is 11.3 Å². The zero-order chi connectivity index (χ0) is 17.6. The summed E-state index contributed by atoms with van der Waals surface area (Å²) in [4.78, 5) is 23.9. The molecule has 1 aromatic heterocycles. The number of carbonyl (C=O) groups excluding carboxylic acids is 2. The summed E-state index contributed by atoms with van der Waals surface area (Å²) >= 11 is 1.26. The molecule has 128 valence electrons. The largest absolute Gasteiger partial charge is 0.493 e. The number of amides is 2. The molecule has 0 fully saturated rings. The topological polar surface area (TPSA) is 87.7 Å². The maximum atomic E-state index is 12.0. The van der Waals surface area contributed by atoms with Gasteiger partial charge in [-0.15, -0.1) is 11.3 Å². The SMILES string of the molecule is O=C(CCOc1ccccc1)Nc1ccc2sc(C(=O)NO)cc2c1. The fourth-order valence-electron chi connectivity index (χ4n) is 2.29. The maximum Gasteiger partial charge on any atom is 0.284 e. The minimum Gasteiger partial charge on any atom is -0.493 e. The average Bonchev–Trinajstić information content (AvgIpc) is 3.05. The third-order valence-corrected chi connectivity index (χ3v) is 4.58. The van der Waals surface area contributed by atoms with Crippen LogP contribution in [-0.4, -0.2) is 23.6 Å². The van der Waals surface area contributed by atoms with E-state index in [9.17, 15) is 9.59 Å². The van der Waals surface area contributed by atoms with Crippen LogP contribution in [0.1, 0.15) is 16.1 Å². The molecule has 0 unspecified atom stereocenters. The van der Waals surface area contributed by atoms with Crippen LogP contribution in [0.3, 0.4) is 0 Å². The maximum absolute atomic E-state index is 12.0. The Morgan fingerprint density at radius 2 is 1.88 bits per heavy atom. The van der Waals surface area contributed by atoms with Gasteiger partial charge in [-0.3, -0.25) is 14.8 Å². The molecule has 0 saturated carbocycles. The summed E-state index contributed by atoms with van der Waals surface area (Å²) in [6, 6.07) is 16.4. The van der Waals surface area contributed by atoms with E-state index in [-0.39, 0.29) is 18.9 Å². The van der Waals surface area contributed by atoms with Crippen molar-refractivity contribution in [2.45, 2.75) is 6.42 Å². The number of carbonyl (C=O) groups is 2. The molecule has 0 aliphatic rings. The van der Waals surface area contributed by atoms with E-state index < -0.39 is 5.91 Å². The molecule has 2 amide bonds. The first-order valence-electron chi connectivity index (χ1n) is 7.61. The summed E-state index contributed by atoms with van der Waals surface area (Å²) in [5.74, 6) is 0.0216. The molecule has 0 spiro atoms. The molecule has 0 radical (unpaired) electrons. The Balaban J connectivity index is 1.58. The van der Waals surface area contributed by atoms with Crippen LogP contribution in [-0.2, 0) is 4.79 Å². The van der Waals surface area contributed by atoms with Crippen LogP contribution >= 0.6 is 11.3 Å². The van der Waals surface area contributed by atoms with Gasteiger partial charge in [-0.05, 0) is 41.8 Å². The lowest BCUT2D eigenvalue weighted by atomic mass is 10.2. The van der Waals surface area contributed by atoms with Gasteiger partial charge < -0.3 is 10.1 Å². The molecule has 1 heterocycles. The van der Waals surface area contributed by atoms with Crippen LogP contribution in [0.15, 0.2) is 54.6 Å². The molecule has 0 bridgehead atoms. The second kappa shape index (κ2) is 7.78. The minimum absolute atomic E-state index is 0.154. The van der Waals surface area contributed by atoms with Gasteiger partial charge in [-0.1, -0.05) is 18.2 Å². The summed E-state index contributed by atoms with van der Waals surface area (Å²) in [5.41, 5.74) is 2.26. The molecule has 0 aliphatic heterocycles. The summed E-state index contributed by atoms with van der Waals surface area (Å²) in [7, 11) is 0. The Labute approximate surface area is 148 Å². The van der Waals surface area contributed by atoms with Gasteiger partial charge in [0.05, 0.1) is 17.9 Å². The van der Waals surface area contributed by atoms with E-state index in [2.05, 4.69) is 5.32 Å². The lowest BCUT2D eigenvalue weighted by Gasteiger charge is -2.07. The van der Waals surface area contributed by atoms with Crippen molar-refractivity contribution in [3.8, 4) is 5.75 Å². The van der Waals surface area contributed by atoms with E-state index in [4.69, 9.17) is 9.94 Å². The molecule has 0 aliphatic carbocycles. The van der Waals surface area contributed by atoms with Crippen molar-refractivity contribution in [3.05, 3.63) is 59.5 Å². The number of thiophene rings is 1. The number of nitrogens with one attached hydrogen (secondary N) is 2. The molecule has 7 heteroatoms. The molecule has 2 aromatic carbocycles. The smallest absolute Gasteiger partial charge is 0.284 e. The van der Waals surface area contributed by atoms with Gasteiger partial charge >= 0.3 is 0 Å².